The molecule has 0 aromatic carbocycles. The molecule has 0 aromatic heterocycles. The van der Waals surface area contributed by atoms with Crippen molar-refractivity contribution >= 4 is 23.1 Å². The Hall–Kier alpha value is 0.686. The standard InChI is InChI=1S/C4H8O2.Mg.2H/c1-2-4-6-5-3-1;;;/h1-4H2;;;/q;+2;2*-1. The third-order valence-corrected chi connectivity index (χ3v) is 0.789. The first-order valence-corrected chi connectivity index (χ1v) is 2.24. The first-order chi connectivity index (χ1) is 3.00. The van der Waals surface area contributed by atoms with E-state index in [0.717, 1.165) is 26.1 Å². The monoisotopic (exact) mass is 114 g/mol. The molecule has 0 aromatic rings. The molecule has 0 amide bonds. The van der Waals surface area contributed by atoms with Crippen LogP contribution in [0.2, 0.25) is 0 Å². The van der Waals surface area contributed by atoms with E-state index < -0.39 is 0 Å². The molecule has 0 atom stereocenters. The molecule has 7 heavy (non-hydrogen) atoms. The van der Waals surface area contributed by atoms with Crippen LogP contribution in [0.3, 0.4) is 0 Å². The summed E-state index contributed by atoms with van der Waals surface area (Å²) in [6.07, 6.45) is 2.31. The SMILES string of the molecule is C1CCOOC1.[H-].[H-].[Mg+2]. The van der Waals surface area contributed by atoms with Crippen molar-refractivity contribution in [2.45, 2.75) is 12.8 Å². The topological polar surface area (TPSA) is 18.5 Å². The first-order valence-electron chi connectivity index (χ1n) is 2.24. The first kappa shape index (κ1) is 7.69. The van der Waals surface area contributed by atoms with Crippen molar-refractivity contribution in [1.82, 2.24) is 0 Å². The van der Waals surface area contributed by atoms with Gasteiger partial charge in [0.1, 0.15) is 0 Å². The molecule has 1 rings (SSSR count). The fourth-order valence-electron chi connectivity index (χ4n) is 0.440. The van der Waals surface area contributed by atoms with Gasteiger partial charge in [0.25, 0.3) is 0 Å². The second-order valence-corrected chi connectivity index (χ2v) is 1.35. The summed E-state index contributed by atoms with van der Waals surface area (Å²) in [4.78, 5) is 9.14. The van der Waals surface area contributed by atoms with Crippen LogP contribution in [0, 0.1) is 0 Å². The van der Waals surface area contributed by atoms with E-state index in [-0.39, 0.29) is 25.9 Å². The minimum atomic E-state index is 0. The van der Waals surface area contributed by atoms with Crippen LogP contribution in [0.4, 0.5) is 0 Å². The zero-order chi connectivity index (χ0) is 4.24. The molecule has 0 spiro atoms. The van der Waals surface area contributed by atoms with E-state index >= 15 is 0 Å². The summed E-state index contributed by atoms with van der Waals surface area (Å²) in [5, 5.41) is 0. The maximum absolute atomic E-state index is 4.57. The van der Waals surface area contributed by atoms with Gasteiger partial charge in [0.05, 0.1) is 13.2 Å². The molecular formula is C4H10MgO2. The van der Waals surface area contributed by atoms with Gasteiger partial charge >= 0.3 is 23.1 Å². The van der Waals surface area contributed by atoms with Crippen molar-refractivity contribution in [3.05, 3.63) is 0 Å². The van der Waals surface area contributed by atoms with Crippen molar-refractivity contribution in [2.24, 2.45) is 0 Å². The summed E-state index contributed by atoms with van der Waals surface area (Å²) in [6.45, 7) is 1.56. The molecule has 1 aliphatic heterocycles. The molecule has 1 fully saturated rings. The number of hydrogen-bond acceptors (Lipinski definition) is 2. The summed E-state index contributed by atoms with van der Waals surface area (Å²) < 4.78 is 0. The fourth-order valence-corrected chi connectivity index (χ4v) is 0.440. The Morgan fingerprint density at radius 1 is 1.00 bits per heavy atom. The molecule has 0 bridgehead atoms. The molecule has 1 heterocycles. The van der Waals surface area contributed by atoms with Crippen molar-refractivity contribution in [3.8, 4) is 0 Å². The van der Waals surface area contributed by atoms with Crippen molar-refractivity contribution in [1.29, 1.82) is 0 Å². The van der Waals surface area contributed by atoms with Gasteiger partial charge in [-0.1, -0.05) is 0 Å². The van der Waals surface area contributed by atoms with Crippen LogP contribution in [-0.4, -0.2) is 36.3 Å². The zero-order valence-electron chi connectivity index (χ0n) is 6.35. The molecule has 0 unspecified atom stereocenters. The maximum Gasteiger partial charge on any atom is 2.00 e. The Morgan fingerprint density at radius 2 is 1.43 bits per heavy atom. The van der Waals surface area contributed by atoms with E-state index in [4.69, 9.17) is 0 Å². The normalized spacial score (nSPS) is 20.6. The average molecular weight is 114 g/mol. The Labute approximate surface area is 62.2 Å². The fraction of sp³-hybridized carbons (Fsp3) is 1.00. The summed E-state index contributed by atoms with van der Waals surface area (Å²) in [5.74, 6) is 0. The Balaban J connectivity index is -0.000000120. The van der Waals surface area contributed by atoms with Gasteiger partial charge in [0.2, 0.25) is 0 Å². The van der Waals surface area contributed by atoms with Gasteiger partial charge in [-0.3, -0.25) is 0 Å². The van der Waals surface area contributed by atoms with Crippen LogP contribution in [0.25, 0.3) is 0 Å². The van der Waals surface area contributed by atoms with E-state index in [1.807, 2.05) is 0 Å². The molecular weight excluding hydrogens is 104 g/mol. The summed E-state index contributed by atoms with van der Waals surface area (Å²) in [6, 6.07) is 0. The summed E-state index contributed by atoms with van der Waals surface area (Å²) in [7, 11) is 0. The third-order valence-electron chi connectivity index (χ3n) is 0.789. The molecule has 0 aliphatic carbocycles. The van der Waals surface area contributed by atoms with Crippen LogP contribution in [-0.2, 0) is 9.78 Å². The van der Waals surface area contributed by atoms with E-state index in [9.17, 15) is 0 Å². The predicted octanol–water partition coefficient (Wildman–Crippen LogP) is 0.573. The van der Waals surface area contributed by atoms with E-state index in [0.29, 0.717) is 0 Å². The Bertz CT molecular complexity index is 32.0. The Morgan fingerprint density at radius 3 is 1.57 bits per heavy atom. The van der Waals surface area contributed by atoms with Crippen LogP contribution in [0.1, 0.15) is 15.7 Å². The van der Waals surface area contributed by atoms with Crippen molar-refractivity contribution < 1.29 is 12.6 Å². The van der Waals surface area contributed by atoms with E-state index in [2.05, 4.69) is 9.78 Å². The van der Waals surface area contributed by atoms with Gasteiger partial charge in [0, 0.05) is 0 Å². The second-order valence-electron chi connectivity index (χ2n) is 1.35. The summed E-state index contributed by atoms with van der Waals surface area (Å²) >= 11 is 0. The predicted molar refractivity (Wildman–Crippen MR) is 29.1 cm³/mol. The molecule has 0 saturated carbocycles. The molecule has 40 valence electrons. The average Bonchev–Trinajstić information content (AvgIpc) is 1.72. The molecule has 3 heteroatoms. The van der Waals surface area contributed by atoms with Crippen LogP contribution in [0.5, 0.6) is 0 Å². The zero-order valence-corrected chi connectivity index (χ0v) is 5.77. The number of hydrogen-bond donors (Lipinski definition) is 0. The minimum Gasteiger partial charge on any atom is -1.00 e. The summed E-state index contributed by atoms with van der Waals surface area (Å²) in [5.41, 5.74) is 0. The number of rotatable bonds is 0. The van der Waals surface area contributed by atoms with Crippen molar-refractivity contribution in [2.75, 3.05) is 13.2 Å². The molecule has 0 N–H and O–H groups in total. The smallest absolute Gasteiger partial charge is 1.00 e. The third kappa shape index (κ3) is 3.28. The van der Waals surface area contributed by atoms with Gasteiger partial charge in [-0.25, -0.2) is 9.78 Å². The van der Waals surface area contributed by atoms with Gasteiger partial charge in [-0.15, -0.1) is 0 Å². The van der Waals surface area contributed by atoms with Crippen LogP contribution < -0.4 is 0 Å². The quantitative estimate of drug-likeness (QED) is 0.339. The van der Waals surface area contributed by atoms with Crippen LogP contribution in [0.15, 0.2) is 0 Å². The Kier molecular flexibility index (Phi) is 5.31. The minimum absolute atomic E-state index is 0. The van der Waals surface area contributed by atoms with Gasteiger partial charge in [-0.2, -0.15) is 0 Å². The van der Waals surface area contributed by atoms with Gasteiger partial charge in [0.15, 0.2) is 0 Å². The molecule has 1 saturated heterocycles. The van der Waals surface area contributed by atoms with Crippen LogP contribution >= 0.6 is 0 Å². The second kappa shape index (κ2) is 4.84. The van der Waals surface area contributed by atoms with E-state index in [1.54, 1.807) is 0 Å². The molecule has 2 nitrogen and oxygen atoms in total. The largest absolute Gasteiger partial charge is 2.00 e. The van der Waals surface area contributed by atoms with E-state index in [1.165, 1.54) is 0 Å². The maximum atomic E-state index is 4.57. The van der Waals surface area contributed by atoms with Gasteiger partial charge in [-0.05, 0) is 12.8 Å². The van der Waals surface area contributed by atoms with Gasteiger partial charge < -0.3 is 2.85 Å². The van der Waals surface area contributed by atoms with Crippen molar-refractivity contribution in [3.63, 3.8) is 0 Å². The molecule has 0 radical (unpaired) electrons. The molecule has 1 aliphatic rings.